The standard InChI is InChI=1S/C48H67N11O9/c1-30(61)54-38(25-31-13-4-2-5-14-31)42(62)55-36(19-10-22-51-29-60)46(66)59-24-12-21-41(59)45(65)58-39(26-32-15-6-3-7-16-32)43(63)57-40(27-33-28-53-35-18-9-8-17-34(33)35)44(64)56-37(47(67)68)20-11-23-52-48(49)50/h2,4-5,8-9,13-14,17-18,28-29,32,36-41,53H,3,6-7,10-12,15-16,19-27H2,1H3,(H,51,60)(H,54,61)(H,55,62)(H,56,64)(H,57,63)(H,58,65)(H,67,68)(H4,49,50,52)/t36-,37-,38-,39+,40-,41-/m0/s1. The van der Waals surface area contributed by atoms with Gasteiger partial charge < -0.3 is 58.4 Å². The van der Waals surface area contributed by atoms with E-state index >= 15 is 0 Å². The zero-order valence-corrected chi connectivity index (χ0v) is 38.7. The van der Waals surface area contributed by atoms with Gasteiger partial charge in [0, 0.05) is 56.5 Å². The van der Waals surface area contributed by atoms with Crippen LogP contribution in [0.2, 0.25) is 0 Å². The first kappa shape index (κ1) is 52.0. The quantitative estimate of drug-likeness (QED) is 0.0235. The second-order valence-electron chi connectivity index (χ2n) is 17.7. The molecule has 368 valence electrons. The molecule has 3 aromatic rings. The molecule has 0 radical (unpaired) electrons. The molecule has 20 heteroatoms. The number of carbonyl (C=O) groups excluding carboxylic acids is 7. The molecule has 20 nitrogen and oxygen atoms in total. The van der Waals surface area contributed by atoms with Gasteiger partial charge in [0.1, 0.15) is 36.3 Å². The molecule has 68 heavy (non-hydrogen) atoms. The molecular formula is C48H67N11O9. The van der Waals surface area contributed by atoms with E-state index in [-0.39, 0.29) is 76.5 Å². The van der Waals surface area contributed by atoms with Crippen LogP contribution in [0.1, 0.15) is 95.1 Å². The van der Waals surface area contributed by atoms with Crippen LogP contribution in [-0.2, 0) is 51.2 Å². The molecular weight excluding hydrogens is 875 g/mol. The van der Waals surface area contributed by atoms with E-state index < -0.39 is 77.7 Å². The zero-order chi connectivity index (χ0) is 49.0. The molecule has 1 aliphatic heterocycles. The Morgan fingerprint density at radius 2 is 1.41 bits per heavy atom. The number of carboxylic acid groups (broad SMARTS) is 1. The Morgan fingerprint density at radius 1 is 0.765 bits per heavy atom. The van der Waals surface area contributed by atoms with E-state index in [9.17, 15) is 43.5 Å². The summed E-state index contributed by atoms with van der Waals surface area (Å²) in [4.78, 5) is 116. The Hall–Kier alpha value is -6.99. The summed E-state index contributed by atoms with van der Waals surface area (Å²) in [5.74, 6) is -4.88. The summed E-state index contributed by atoms with van der Waals surface area (Å²) >= 11 is 0. The number of hydrogen-bond donors (Lipinski definition) is 10. The number of nitrogens with one attached hydrogen (secondary N) is 7. The number of guanidine groups is 1. The smallest absolute Gasteiger partial charge is 0.326 e. The monoisotopic (exact) mass is 942 g/mol. The highest BCUT2D eigenvalue weighted by molar-refractivity contribution is 5.97. The number of carboxylic acids is 1. The summed E-state index contributed by atoms with van der Waals surface area (Å²) in [5.41, 5.74) is 13.1. The minimum atomic E-state index is -1.32. The van der Waals surface area contributed by atoms with Gasteiger partial charge in [0.15, 0.2) is 5.96 Å². The number of H-pyrrole nitrogens is 1. The fraction of sp³-hybridized carbons (Fsp3) is 0.521. The predicted molar refractivity (Wildman–Crippen MR) is 254 cm³/mol. The molecule has 1 saturated heterocycles. The van der Waals surface area contributed by atoms with Crippen molar-refractivity contribution < 1.29 is 43.5 Å². The largest absolute Gasteiger partial charge is 0.480 e. The molecule has 0 bridgehead atoms. The molecule has 2 aliphatic rings. The van der Waals surface area contributed by atoms with Crippen LogP contribution in [0.3, 0.4) is 0 Å². The van der Waals surface area contributed by atoms with Gasteiger partial charge in [0.05, 0.1) is 0 Å². The molecule has 2 heterocycles. The molecule has 7 amide bonds. The minimum Gasteiger partial charge on any atom is -0.480 e. The lowest BCUT2D eigenvalue weighted by Gasteiger charge is -2.32. The Kier molecular flexibility index (Phi) is 20.2. The van der Waals surface area contributed by atoms with Gasteiger partial charge in [0.25, 0.3) is 0 Å². The molecule has 12 N–H and O–H groups in total. The summed E-state index contributed by atoms with van der Waals surface area (Å²) < 4.78 is 0. The third-order valence-electron chi connectivity index (χ3n) is 12.5. The van der Waals surface area contributed by atoms with Gasteiger partial charge >= 0.3 is 5.97 Å². The maximum atomic E-state index is 14.6. The number of likely N-dealkylation sites (tertiary alicyclic amines) is 1. The number of carbonyl (C=O) groups is 8. The van der Waals surface area contributed by atoms with E-state index in [2.05, 4.69) is 41.9 Å². The van der Waals surface area contributed by atoms with Crippen molar-refractivity contribution in [2.45, 2.75) is 133 Å². The number of benzene rings is 2. The van der Waals surface area contributed by atoms with E-state index in [1.54, 1.807) is 6.20 Å². The Labute approximate surface area is 395 Å². The molecule has 1 aromatic heterocycles. The molecule has 0 spiro atoms. The van der Waals surface area contributed by atoms with Crippen LogP contribution in [0, 0.1) is 5.92 Å². The lowest BCUT2D eigenvalue weighted by atomic mass is 9.84. The van der Waals surface area contributed by atoms with Crippen LogP contribution in [0.5, 0.6) is 0 Å². The number of para-hydroxylation sites is 1. The van der Waals surface area contributed by atoms with Crippen LogP contribution >= 0.6 is 0 Å². The van der Waals surface area contributed by atoms with Crippen molar-refractivity contribution in [3.05, 3.63) is 71.9 Å². The van der Waals surface area contributed by atoms with Gasteiger partial charge in [0.2, 0.25) is 41.9 Å². The number of aromatic amines is 1. The minimum absolute atomic E-state index is 0.00627. The number of nitrogens with zero attached hydrogens (tertiary/aromatic N) is 2. The van der Waals surface area contributed by atoms with Gasteiger partial charge in [-0.3, -0.25) is 38.6 Å². The summed E-state index contributed by atoms with van der Waals surface area (Å²) in [5, 5.41) is 27.3. The lowest BCUT2D eigenvalue weighted by molar-refractivity contribution is -0.143. The van der Waals surface area contributed by atoms with Crippen molar-refractivity contribution in [1.29, 1.82) is 0 Å². The Balaban J connectivity index is 1.37. The Bertz CT molecular complexity index is 2230. The number of amides is 7. The zero-order valence-electron chi connectivity index (χ0n) is 38.7. The van der Waals surface area contributed by atoms with Crippen molar-refractivity contribution in [2.24, 2.45) is 22.4 Å². The average molecular weight is 942 g/mol. The van der Waals surface area contributed by atoms with E-state index in [0.29, 0.717) is 24.8 Å². The third-order valence-corrected chi connectivity index (χ3v) is 12.5. The first-order valence-corrected chi connectivity index (χ1v) is 23.6. The maximum absolute atomic E-state index is 14.6. The van der Waals surface area contributed by atoms with Crippen LogP contribution in [-0.4, -0.2) is 125 Å². The molecule has 5 rings (SSSR count). The van der Waals surface area contributed by atoms with E-state index in [0.717, 1.165) is 48.6 Å². The van der Waals surface area contributed by atoms with E-state index in [1.165, 1.54) is 11.8 Å². The molecule has 0 unspecified atom stereocenters. The van der Waals surface area contributed by atoms with Gasteiger partial charge in [-0.1, -0.05) is 80.6 Å². The van der Waals surface area contributed by atoms with Crippen molar-refractivity contribution in [3.63, 3.8) is 0 Å². The molecule has 6 atom stereocenters. The topological polar surface area (TPSA) is 312 Å². The SMILES string of the molecule is CC(=O)N[C@@H](Cc1ccccc1)C(=O)N[C@@H](CCCNC=O)C(=O)N1CCC[C@H]1C(=O)N[C@H](CC1CCCCC1)C(=O)N[C@@H](Cc1c[nH]c2ccccc12)C(=O)N[C@@H](CCCN=C(N)N)C(=O)O. The van der Waals surface area contributed by atoms with Gasteiger partial charge in [-0.15, -0.1) is 0 Å². The average Bonchev–Trinajstić information content (AvgIpc) is 3.98. The number of aliphatic imine (C=N–C) groups is 1. The molecule has 1 aliphatic carbocycles. The number of rotatable bonds is 26. The fourth-order valence-corrected chi connectivity index (χ4v) is 9.10. The van der Waals surface area contributed by atoms with E-state index in [4.69, 9.17) is 11.5 Å². The Morgan fingerprint density at radius 3 is 2.10 bits per heavy atom. The number of fused-ring (bicyclic) bond motifs is 1. The number of hydrogen-bond acceptors (Lipinski definition) is 9. The molecule has 2 aromatic carbocycles. The van der Waals surface area contributed by atoms with Crippen LogP contribution in [0.4, 0.5) is 0 Å². The van der Waals surface area contributed by atoms with Crippen molar-refractivity contribution in [2.75, 3.05) is 19.6 Å². The summed E-state index contributed by atoms with van der Waals surface area (Å²) in [6.45, 7) is 1.85. The van der Waals surface area contributed by atoms with Crippen molar-refractivity contribution in [3.8, 4) is 0 Å². The fourth-order valence-electron chi connectivity index (χ4n) is 9.10. The summed E-state index contributed by atoms with van der Waals surface area (Å²) in [6, 6.07) is 9.66. The normalized spacial score (nSPS) is 17.1. The van der Waals surface area contributed by atoms with Crippen molar-refractivity contribution in [1.82, 2.24) is 41.8 Å². The highest BCUT2D eigenvalue weighted by atomic mass is 16.4. The maximum Gasteiger partial charge on any atom is 0.326 e. The number of aromatic nitrogens is 1. The second-order valence-corrected chi connectivity index (χ2v) is 17.7. The first-order valence-electron chi connectivity index (χ1n) is 23.6. The van der Waals surface area contributed by atoms with Gasteiger partial charge in [-0.05, 0) is 68.1 Å². The summed E-state index contributed by atoms with van der Waals surface area (Å²) in [6.07, 6.45) is 8.69. The second kappa shape index (κ2) is 26.4. The predicted octanol–water partition coefficient (Wildman–Crippen LogP) is 1.02. The lowest BCUT2D eigenvalue weighted by Crippen LogP contribution is -2.59. The van der Waals surface area contributed by atoms with E-state index in [1.807, 2.05) is 54.6 Å². The van der Waals surface area contributed by atoms with Crippen LogP contribution in [0.15, 0.2) is 65.8 Å². The third kappa shape index (κ3) is 15.8. The molecule has 1 saturated carbocycles. The number of aliphatic carboxylic acids is 1. The highest BCUT2D eigenvalue weighted by Crippen LogP contribution is 2.28. The van der Waals surface area contributed by atoms with Gasteiger partial charge in [-0.2, -0.15) is 0 Å². The highest BCUT2D eigenvalue weighted by Gasteiger charge is 2.40. The first-order chi connectivity index (χ1) is 32.7. The number of nitrogens with two attached hydrogens (primary N) is 2. The molecule has 2 fully saturated rings. The van der Waals surface area contributed by atoms with Crippen LogP contribution < -0.4 is 43.4 Å². The van der Waals surface area contributed by atoms with Crippen LogP contribution in [0.25, 0.3) is 10.9 Å². The van der Waals surface area contributed by atoms with Gasteiger partial charge in [-0.25, -0.2) is 4.79 Å². The summed E-state index contributed by atoms with van der Waals surface area (Å²) in [7, 11) is 0. The van der Waals surface area contributed by atoms with Crippen molar-refractivity contribution >= 4 is 64.7 Å².